The number of aromatic amines is 1. The Morgan fingerprint density at radius 2 is 1.85 bits per heavy atom. The Kier molecular flexibility index (Phi) is 5.09. The molecule has 1 aliphatic rings. The van der Waals surface area contributed by atoms with E-state index in [2.05, 4.69) is 16.3 Å². The number of aromatic nitrogens is 2. The number of benzene rings is 1. The second kappa shape index (κ2) is 7.47. The van der Waals surface area contributed by atoms with Crippen LogP contribution in [0.3, 0.4) is 0 Å². The maximum atomic E-state index is 9.71. The third-order valence-corrected chi connectivity index (χ3v) is 4.33. The number of methoxy groups -OCH3 is 4. The molecule has 0 bridgehead atoms. The molecule has 0 saturated heterocycles. The number of hydrogen-bond acceptors (Lipinski definition) is 8. The van der Waals surface area contributed by atoms with Gasteiger partial charge in [-0.2, -0.15) is 5.26 Å². The van der Waals surface area contributed by atoms with Crippen molar-refractivity contribution in [2.75, 3.05) is 28.4 Å². The molecule has 2 aromatic rings. The highest BCUT2D eigenvalue weighted by Crippen LogP contribution is 2.47. The van der Waals surface area contributed by atoms with E-state index in [1.165, 1.54) is 21.3 Å². The molecule has 2 heterocycles. The lowest BCUT2D eigenvalue weighted by molar-refractivity contribution is 0.180. The normalized spacial score (nSPS) is 15.6. The number of fused-ring (bicyclic) bond motifs is 1. The van der Waals surface area contributed by atoms with Crippen LogP contribution in [0, 0.1) is 11.3 Å². The van der Waals surface area contributed by atoms with Crippen molar-refractivity contribution in [3.63, 3.8) is 0 Å². The first-order valence-corrected chi connectivity index (χ1v) is 8.03. The zero-order valence-corrected chi connectivity index (χ0v) is 15.5. The summed E-state index contributed by atoms with van der Waals surface area (Å²) >= 11 is 0. The molecule has 0 unspecified atom stereocenters. The Hall–Kier alpha value is -3.38. The predicted molar refractivity (Wildman–Crippen MR) is 94.7 cm³/mol. The van der Waals surface area contributed by atoms with Crippen LogP contribution < -0.4 is 24.7 Å². The SMILES string of the molecule is COCc1[nH]nc2c1[C@@H](c1cc(OC)c(OC)c(OC)c1)C(C#N)=C(N)O2. The molecule has 0 amide bonds. The van der Waals surface area contributed by atoms with Gasteiger partial charge in [0.2, 0.25) is 17.5 Å². The number of hydrogen-bond donors (Lipinski definition) is 2. The maximum absolute atomic E-state index is 9.71. The third kappa shape index (κ3) is 3.00. The number of nitrogens with one attached hydrogen (secondary N) is 1. The minimum absolute atomic E-state index is 0.000724. The molecule has 3 rings (SSSR count). The number of nitrogens with zero attached hydrogens (tertiary/aromatic N) is 2. The van der Waals surface area contributed by atoms with Crippen molar-refractivity contribution in [1.82, 2.24) is 10.2 Å². The van der Waals surface area contributed by atoms with Crippen molar-refractivity contribution in [3.05, 3.63) is 40.4 Å². The van der Waals surface area contributed by atoms with Crippen molar-refractivity contribution in [2.24, 2.45) is 5.73 Å². The number of nitriles is 1. The van der Waals surface area contributed by atoms with Crippen molar-refractivity contribution in [3.8, 4) is 29.2 Å². The van der Waals surface area contributed by atoms with Crippen LogP contribution in [-0.4, -0.2) is 38.6 Å². The summed E-state index contributed by atoms with van der Waals surface area (Å²) in [5, 5.41) is 16.7. The Labute approximate surface area is 156 Å². The van der Waals surface area contributed by atoms with Crippen molar-refractivity contribution in [2.45, 2.75) is 12.5 Å². The predicted octanol–water partition coefficient (Wildman–Crippen LogP) is 1.80. The molecule has 3 N–H and O–H groups in total. The quantitative estimate of drug-likeness (QED) is 0.786. The van der Waals surface area contributed by atoms with Crippen LogP contribution in [0.1, 0.15) is 22.7 Å². The van der Waals surface area contributed by atoms with Gasteiger partial charge in [0.25, 0.3) is 0 Å². The second-order valence-corrected chi connectivity index (χ2v) is 5.74. The first kappa shape index (κ1) is 18.4. The number of ether oxygens (including phenoxy) is 5. The molecule has 27 heavy (non-hydrogen) atoms. The van der Waals surface area contributed by atoms with Gasteiger partial charge in [0.15, 0.2) is 11.5 Å². The maximum Gasteiger partial charge on any atom is 0.244 e. The van der Waals surface area contributed by atoms with Gasteiger partial charge in [-0.15, -0.1) is 5.10 Å². The number of rotatable bonds is 6. The van der Waals surface area contributed by atoms with Gasteiger partial charge in [0, 0.05) is 7.11 Å². The van der Waals surface area contributed by atoms with E-state index in [1.807, 2.05) is 0 Å². The molecule has 0 spiro atoms. The summed E-state index contributed by atoms with van der Waals surface area (Å²) in [4.78, 5) is 0. The highest BCUT2D eigenvalue weighted by Gasteiger charge is 2.36. The van der Waals surface area contributed by atoms with Gasteiger partial charge in [0.05, 0.1) is 45.1 Å². The highest BCUT2D eigenvalue weighted by molar-refractivity contribution is 5.61. The zero-order chi connectivity index (χ0) is 19.6. The van der Waals surface area contributed by atoms with Crippen molar-refractivity contribution in [1.29, 1.82) is 5.26 Å². The van der Waals surface area contributed by atoms with Gasteiger partial charge >= 0.3 is 0 Å². The summed E-state index contributed by atoms with van der Waals surface area (Å²) in [6.07, 6.45) is 0. The van der Waals surface area contributed by atoms with E-state index in [1.54, 1.807) is 19.2 Å². The van der Waals surface area contributed by atoms with E-state index in [-0.39, 0.29) is 18.1 Å². The molecule has 0 aliphatic carbocycles. The fourth-order valence-electron chi connectivity index (χ4n) is 3.16. The van der Waals surface area contributed by atoms with Crippen LogP contribution in [0.5, 0.6) is 23.1 Å². The Bertz CT molecular complexity index is 903. The Morgan fingerprint density at radius 3 is 2.37 bits per heavy atom. The zero-order valence-electron chi connectivity index (χ0n) is 15.5. The van der Waals surface area contributed by atoms with Crippen molar-refractivity contribution < 1.29 is 23.7 Å². The topological polar surface area (TPSA) is 125 Å². The monoisotopic (exact) mass is 372 g/mol. The summed E-state index contributed by atoms with van der Waals surface area (Å²) < 4.78 is 27.0. The lowest BCUT2D eigenvalue weighted by Crippen LogP contribution is -2.21. The molecule has 0 saturated carbocycles. The first-order chi connectivity index (χ1) is 13.1. The average Bonchev–Trinajstić information content (AvgIpc) is 3.07. The van der Waals surface area contributed by atoms with E-state index >= 15 is 0 Å². The largest absolute Gasteiger partial charge is 0.493 e. The summed E-state index contributed by atoms with van der Waals surface area (Å²) in [6.45, 7) is 0.269. The fourth-order valence-corrected chi connectivity index (χ4v) is 3.16. The summed E-state index contributed by atoms with van der Waals surface area (Å²) in [5.74, 6) is 1.16. The molecule has 1 atom stereocenters. The molecule has 0 fully saturated rings. The molecular formula is C18H20N4O5. The molecule has 9 heteroatoms. The number of allylic oxidation sites excluding steroid dienone is 1. The van der Waals surface area contributed by atoms with Crippen LogP contribution in [0.2, 0.25) is 0 Å². The number of nitrogens with two attached hydrogens (primary N) is 1. The van der Waals surface area contributed by atoms with Crippen LogP contribution in [-0.2, 0) is 11.3 Å². The van der Waals surface area contributed by atoms with Gasteiger partial charge in [-0.3, -0.25) is 5.10 Å². The smallest absolute Gasteiger partial charge is 0.244 e. The Morgan fingerprint density at radius 1 is 1.19 bits per heavy atom. The third-order valence-electron chi connectivity index (χ3n) is 4.33. The summed E-state index contributed by atoms with van der Waals surface area (Å²) in [5.41, 5.74) is 8.31. The van der Waals surface area contributed by atoms with E-state index in [4.69, 9.17) is 29.4 Å². The molecule has 1 aromatic heterocycles. The molecule has 9 nitrogen and oxygen atoms in total. The van der Waals surface area contributed by atoms with Gasteiger partial charge in [-0.25, -0.2) is 0 Å². The minimum atomic E-state index is -0.531. The summed E-state index contributed by atoms with van der Waals surface area (Å²) in [7, 11) is 6.15. The van der Waals surface area contributed by atoms with Crippen LogP contribution in [0.4, 0.5) is 0 Å². The van der Waals surface area contributed by atoms with E-state index in [0.717, 1.165) is 0 Å². The van der Waals surface area contributed by atoms with E-state index < -0.39 is 5.92 Å². The summed E-state index contributed by atoms with van der Waals surface area (Å²) in [6, 6.07) is 5.69. The molecule has 142 valence electrons. The van der Waals surface area contributed by atoms with Crippen molar-refractivity contribution >= 4 is 0 Å². The van der Waals surface area contributed by atoms with Crippen LogP contribution in [0.15, 0.2) is 23.6 Å². The number of H-pyrrole nitrogens is 1. The standard InChI is InChI=1S/C18H20N4O5/c1-23-8-11-15-14(10(7-19)17(20)27-18(15)22-21-11)9-5-12(24-2)16(26-4)13(6-9)25-3/h5-6,14H,8,20H2,1-4H3,(H,21,22)/t14-/m0/s1. The van der Waals surface area contributed by atoms with E-state index in [0.29, 0.717) is 39.9 Å². The van der Waals surface area contributed by atoms with Gasteiger partial charge in [0.1, 0.15) is 11.6 Å². The second-order valence-electron chi connectivity index (χ2n) is 5.74. The van der Waals surface area contributed by atoms with Crippen LogP contribution in [0.25, 0.3) is 0 Å². The minimum Gasteiger partial charge on any atom is -0.493 e. The first-order valence-electron chi connectivity index (χ1n) is 8.03. The highest BCUT2D eigenvalue weighted by atomic mass is 16.5. The van der Waals surface area contributed by atoms with Gasteiger partial charge in [-0.1, -0.05) is 0 Å². The van der Waals surface area contributed by atoms with Gasteiger partial charge < -0.3 is 29.4 Å². The van der Waals surface area contributed by atoms with Crippen LogP contribution >= 0.6 is 0 Å². The average molecular weight is 372 g/mol. The lowest BCUT2D eigenvalue weighted by atomic mass is 9.83. The fraction of sp³-hybridized carbons (Fsp3) is 0.333. The lowest BCUT2D eigenvalue weighted by Gasteiger charge is -2.25. The molecular weight excluding hydrogens is 352 g/mol. The van der Waals surface area contributed by atoms with E-state index in [9.17, 15) is 5.26 Å². The Balaban J connectivity index is 2.26. The molecule has 0 radical (unpaired) electrons. The van der Waals surface area contributed by atoms with Gasteiger partial charge in [-0.05, 0) is 17.7 Å². The molecule has 1 aromatic carbocycles. The molecule has 1 aliphatic heterocycles.